The molecule has 0 bridgehead atoms. The van der Waals surface area contributed by atoms with Crippen molar-refractivity contribution in [2.75, 3.05) is 27.9 Å². The number of methoxy groups -OCH3 is 3. The van der Waals surface area contributed by atoms with Gasteiger partial charge in [0.2, 0.25) is 5.91 Å². The molecule has 0 radical (unpaired) electrons. The van der Waals surface area contributed by atoms with Crippen LogP contribution in [0.3, 0.4) is 0 Å². The van der Waals surface area contributed by atoms with Gasteiger partial charge in [-0.15, -0.1) is 0 Å². The molecule has 0 fully saturated rings. The third-order valence-electron chi connectivity index (χ3n) is 5.51. The smallest absolute Gasteiger partial charge is 0.325 e. The molecule has 2 aromatic carbocycles. The number of nitro groups is 1. The van der Waals surface area contributed by atoms with Gasteiger partial charge in [-0.05, 0) is 30.7 Å². The monoisotopic (exact) mass is 485 g/mol. The highest BCUT2D eigenvalue weighted by Crippen LogP contribution is 2.32. The van der Waals surface area contributed by atoms with Crippen LogP contribution < -0.4 is 9.47 Å². The van der Waals surface area contributed by atoms with Crippen molar-refractivity contribution in [3.63, 3.8) is 0 Å². The molecule has 184 valence electrons. The maximum atomic E-state index is 13.4. The number of rotatable bonds is 9. The van der Waals surface area contributed by atoms with Gasteiger partial charge in [-0.2, -0.15) is 0 Å². The van der Waals surface area contributed by atoms with Crippen LogP contribution >= 0.6 is 0 Å². The molecule has 0 aromatic heterocycles. The Morgan fingerprint density at radius 3 is 2.23 bits per heavy atom. The minimum atomic E-state index is -1.36. The van der Waals surface area contributed by atoms with E-state index in [1.54, 1.807) is 18.2 Å². The van der Waals surface area contributed by atoms with Gasteiger partial charge in [0.05, 0.1) is 31.8 Å². The van der Waals surface area contributed by atoms with Crippen LogP contribution in [-0.4, -0.2) is 72.3 Å². The normalized spacial score (nSPS) is 13.2. The molecule has 12 nitrogen and oxygen atoms in total. The Morgan fingerprint density at radius 2 is 1.69 bits per heavy atom. The van der Waals surface area contributed by atoms with Gasteiger partial charge in [0, 0.05) is 18.7 Å². The largest absolute Gasteiger partial charge is 0.497 e. The zero-order chi connectivity index (χ0) is 25.9. The summed E-state index contributed by atoms with van der Waals surface area (Å²) in [5.74, 6) is -2.36. The predicted octanol–water partition coefficient (Wildman–Crippen LogP) is 1.80. The van der Waals surface area contributed by atoms with Crippen molar-refractivity contribution in [2.24, 2.45) is 0 Å². The molecule has 1 aliphatic rings. The zero-order valence-electron chi connectivity index (χ0n) is 19.5. The minimum Gasteiger partial charge on any atom is -0.497 e. The highest BCUT2D eigenvalue weighted by Gasteiger charge is 2.45. The number of carbonyl (C=O) groups excluding carboxylic acids is 4. The van der Waals surface area contributed by atoms with Gasteiger partial charge in [-0.1, -0.05) is 6.07 Å². The Labute approximate surface area is 200 Å². The third-order valence-corrected chi connectivity index (χ3v) is 5.51. The van der Waals surface area contributed by atoms with Crippen LogP contribution in [0.1, 0.15) is 33.2 Å². The van der Waals surface area contributed by atoms with Crippen molar-refractivity contribution in [1.82, 2.24) is 9.80 Å². The number of hydrogen-bond donors (Lipinski definition) is 0. The number of benzene rings is 2. The van der Waals surface area contributed by atoms with Gasteiger partial charge in [0.1, 0.15) is 29.6 Å². The minimum absolute atomic E-state index is 0.102. The quantitative estimate of drug-likeness (QED) is 0.224. The van der Waals surface area contributed by atoms with Gasteiger partial charge >= 0.3 is 5.97 Å². The van der Waals surface area contributed by atoms with Crippen LogP contribution in [0.2, 0.25) is 0 Å². The Balaban J connectivity index is 1.94. The number of esters is 1. The first-order chi connectivity index (χ1) is 16.6. The van der Waals surface area contributed by atoms with E-state index in [4.69, 9.17) is 14.2 Å². The molecule has 2 aromatic rings. The lowest BCUT2D eigenvalue weighted by molar-refractivity contribution is -0.385. The lowest BCUT2D eigenvalue weighted by atomic mass is 10.1. The molecule has 3 rings (SSSR count). The Hall–Kier alpha value is -4.48. The summed E-state index contributed by atoms with van der Waals surface area (Å²) in [6, 6.07) is 7.22. The molecule has 0 saturated carbocycles. The highest BCUT2D eigenvalue weighted by molar-refractivity contribution is 6.24. The highest BCUT2D eigenvalue weighted by atomic mass is 16.6. The molecule has 1 aliphatic heterocycles. The topological polar surface area (TPSA) is 146 Å². The fourth-order valence-corrected chi connectivity index (χ4v) is 3.77. The Morgan fingerprint density at radius 1 is 1.06 bits per heavy atom. The number of hydrogen-bond acceptors (Lipinski definition) is 9. The second kappa shape index (κ2) is 10.2. The van der Waals surface area contributed by atoms with Crippen LogP contribution in [0.15, 0.2) is 36.4 Å². The van der Waals surface area contributed by atoms with Crippen molar-refractivity contribution >= 4 is 29.4 Å². The maximum Gasteiger partial charge on any atom is 0.325 e. The van der Waals surface area contributed by atoms with Gasteiger partial charge in [0.25, 0.3) is 17.5 Å². The molecule has 0 spiro atoms. The summed E-state index contributed by atoms with van der Waals surface area (Å²) in [6.07, 6.45) is 0. The van der Waals surface area contributed by atoms with Crippen molar-refractivity contribution in [1.29, 1.82) is 0 Å². The first-order valence-electron chi connectivity index (χ1n) is 10.4. The van der Waals surface area contributed by atoms with Crippen molar-refractivity contribution in [3.05, 3.63) is 63.2 Å². The SMILES string of the molecule is COC(=O)CN(Cc1cc(OC)cc(OC)c1)C(=O)C(C)N1C(=O)c2cccc([N+](=O)[O-])c2C1=O. The lowest BCUT2D eigenvalue weighted by Crippen LogP contribution is -2.50. The molecule has 12 heteroatoms. The average Bonchev–Trinajstić information content (AvgIpc) is 3.11. The van der Waals surface area contributed by atoms with Crippen LogP contribution in [0.4, 0.5) is 5.69 Å². The van der Waals surface area contributed by atoms with E-state index in [-0.39, 0.29) is 17.7 Å². The number of nitrogens with zero attached hydrogens (tertiary/aromatic N) is 3. The number of ether oxygens (including phenoxy) is 3. The number of imide groups is 1. The van der Waals surface area contributed by atoms with Crippen LogP contribution in [0.5, 0.6) is 11.5 Å². The molecule has 1 heterocycles. The second-order valence-electron chi connectivity index (χ2n) is 7.60. The maximum absolute atomic E-state index is 13.4. The van der Waals surface area contributed by atoms with Gasteiger partial charge in [0.15, 0.2) is 0 Å². The predicted molar refractivity (Wildman–Crippen MR) is 120 cm³/mol. The summed E-state index contributed by atoms with van der Waals surface area (Å²) < 4.78 is 15.2. The summed E-state index contributed by atoms with van der Waals surface area (Å²) in [7, 11) is 4.07. The van der Waals surface area contributed by atoms with Crippen LogP contribution in [0.25, 0.3) is 0 Å². The lowest BCUT2D eigenvalue weighted by Gasteiger charge is -2.29. The molecule has 1 atom stereocenters. The van der Waals surface area contributed by atoms with Gasteiger partial charge < -0.3 is 19.1 Å². The summed E-state index contributed by atoms with van der Waals surface area (Å²) in [5.41, 5.74) is -0.526. The first-order valence-corrected chi connectivity index (χ1v) is 10.4. The number of nitro benzene ring substituents is 1. The van der Waals surface area contributed by atoms with Gasteiger partial charge in [-0.25, -0.2) is 0 Å². The van der Waals surface area contributed by atoms with Crippen LogP contribution in [0, 0.1) is 10.1 Å². The molecular formula is C23H23N3O9. The van der Waals surface area contributed by atoms with E-state index >= 15 is 0 Å². The first kappa shape index (κ1) is 25.1. The molecular weight excluding hydrogens is 462 g/mol. The number of amides is 3. The molecule has 1 unspecified atom stereocenters. The Bertz CT molecular complexity index is 1190. The summed E-state index contributed by atoms with van der Waals surface area (Å²) in [4.78, 5) is 63.8. The standard InChI is InChI=1S/C23H23N3O9/c1-13(25-22(29)17-6-5-7-18(26(31)32)20(17)23(25)30)21(28)24(12-19(27)35-4)11-14-8-15(33-2)10-16(9-14)34-3/h5-10,13H,11-12H2,1-4H3. The van der Waals surface area contributed by atoms with E-state index in [1.807, 2.05) is 0 Å². The Kier molecular flexibility index (Phi) is 7.33. The van der Waals surface area contributed by atoms with E-state index < -0.39 is 46.9 Å². The fraction of sp³-hybridized carbons (Fsp3) is 0.304. The van der Waals surface area contributed by atoms with E-state index in [0.29, 0.717) is 22.0 Å². The number of carbonyl (C=O) groups is 4. The summed E-state index contributed by atoms with van der Waals surface area (Å²) in [6.45, 7) is 0.740. The average molecular weight is 485 g/mol. The van der Waals surface area contributed by atoms with Crippen molar-refractivity contribution in [2.45, 2.75) is 19.5 Å². The van der Waals surface area contributed by atoms with E-state index in [0.717, 1.165) is 18.1 Å². The fourth-order valence-electron chi connectivity index (χ4n) is 3.77. The van der Waals surface area contributed by atoms with Crippen molar-refractivity contribution < 1.29 is 38.3 Å². The summed E-state index contributed by atoms with van der Waals surface area (Å²) >= 11 is 0. The van der Waals surface area contributed by atoms with E-state index in [1.165, 1.54) is 33.3 Å². The second-order valence-corrected chi connectivity index (χ2v) is 7.60. The van der Waals surface area contributed by atoms with E-state index in [9.17, 15) is 29.3 Å². The molecule has 0 aliphatic carbocycles. The molecule has 0 saturated heterocycles. The summed E-state index contributed by atoms with van der Waals surface area (Å²) in [5, 5.41) is 11.4. The van der Waals surface area contributed by atoms with Crippen LogP contribution in [-0.2, 0) is 20.9 Å². The number of fused-ring (bicyclic) bond motifs is 1. The molecule has 35 heavy (non-hydrogen) atoms. The van der Waals surface area contributed by atoms with Gasteiger partial charge in [-0.3, -0.25) is 34.2 Å². The third kappa shape index (κ3) is 4.90. The van der Waals surface area contributed by atoms with E-state index in [2.05, 4.69) is 0 Å². The zero-order valence-corrected chi connectivity index (χ0v) is 19.5. The molecule has 0 N–H and O–H groups in total. The molecule has 3 amide bonds. The van der Waals surface area contributed by atoms with Crippen molar-refractivity contribution in [3.8, 4) is 11.5 Å².